The molecule has 3 aromatic rings. The number of nitrogens with zero attached hydrogens (tertiary/aromatic N) is 1. The predicted molar refractivity (Wildman–Crippen MR) is 124 cm³/mol. The van der Waals surface area contributed by atoms with Gasteiger partial charge in [-0.3, -0.25) is 4.90 Å². The lowest BCUT2D eigenvalue weighted by Gasteiger charge is -2.50. The van der Waals surface area contributed by atoms with Crippen molar-refractivity contribution in [3.63, 3.8) is 0 Å². The Kier molecular flexibility index (Phi) is 5.43. The van der Waals surface area contributed by atoms with Gasteiger partial charge in [0.1, 0.15) is 17.6 Å². The molecule has 5 heteroatoms. The minimum atomic E-state index is -0.200. The van der Waals surface area contributed by atoms with Crippen LogP contribution in [0, 0.1) is 0 Å². The molecule has 1 saturated heterocycles. The molecular weight excluding hydrogens is 402 g/mol. The van der Waals surface area contributed by atoms with E-state index >= 15 is 0 Å². The Hall–Kier alpha value is -3.18. The number of methoxy groups -OCH3 is 2. The Labute approximate surface area is 189 Å². The van der Waals surface area contributed by atoms with Crippen LogP contribution in [0.2, 0.25) is 0 Å². The summed E-state index contributed by atoms with van der Waals surface area (Å²) >= 11 is 0. The fourth-order valence-electron chi connectivity index (χ4n) is 5.32. The van der Waals surface area contributed by atoms with Gasteiger partial charge in [-0.2, -0.15) is 0 Å². The van der Waals surface area contributed by atoms with Crippen molar-refractivity contribution in [2.45, 2.75) is 24.4 Å². The van der Waals surface area contributed by atoms with Crippen molar-refractivity contribution >= 4 is 0 Å². The largest absolute Gasteiger partial charge is 0.508 e. The fourth-order valence-corrected chi connectivity index (χ4v) is 5.32. The zero-order valence-electron chi connectivity index (χ0n) is 18.6. The zero-order valence-corrected chi connectivity index (χ0v) is 18.6. The summed E-state index contributed by atoms with van der Waals surface area (Å²) in [5.74, 6) is 2.68. The lowest BCUT2D eigenvalue weighted by atomic mass is 9.66. The average molecular weight is 432 g/mol. The number of ether oxygens (including phenoxy) is 3. The van der Waals surface area contributed by atoms with Crippen molar-refractivity contribution in [1.82, 2.24) is 4.90 Å². The van der Waals surface area contributed by atoms with E-state index in [4.69, 9.17) is 14.2 Å². The maximum atomic E-state index is 10.3. The Morgan fingerprint density at radius 3 is 2.59 bits per heavy atom. The molecule has 2 bridgehead atoms. The molecule has 5 nitrogen and oxygen atoms in total. The maximum Gasteiger partial charge on any atom is 0.160 e. The Morgan fingerprint density at radius 1 is 1.00 bits per heavy atom. The number of rotatable bonds is 6. The van der Waals surface area contributed by atoms with Gasteiger partial charge in [0, 0.05) is 37.0 Å². The van der Waals surface area contributed by atoms with Crippen LogP contribution in [0.15, 0.2) is 66.7 Å². The monoisotopic (exact) mass is 431 g/mol. The van der Waals surface area contributed by atoms with Crippen LogP contribution in [0.5, 0.6) is 23.0 Å². The summed E-state index contributed by atoms with van der Waals surface area (Å²) in [6.07, 6.45) is 1.94. The van der Waals surface area contributed by atoms with Crippen molar-refractivity contribution in [2.24, 2.45) is 0 Å². The summed E-state index contributed by atoms with van der Waals surface area (Å²) in [6, 6.07) is 22.3. The molecule has 5 rings (SSSR count). The second kappa shape index (κ2) is 8.40. The van der Waals surface area contributed by atoms with Gasteiger partial charge in [-0.25, -0.2) is 0 Å². The predicted octanol–water partition coefficient (Wildman–Crippen LogP) is 4.40. The number of hydrogen-bond acceptors (Lipinski definition) is 5. The fraction of sp³-hybridized carbons (Fsp3) is 0.333. The molecule has 32 heavy (non-hydrogen) atoms. The summed E-state index contributed by atoms with van der Waals surface area (Å²) < 4.78 is 17.2. The number of likely N-dealkylation sites (tertiary alicyclic amines) is 1. The van der Waals surface area contributed by atoms with Gasteiger partial charge in [-0.1, -0.05) is 36.4 Å². The van der Waals surface area contributed by atoms with Crippen molar-refractivity contribution in [2.75, 3.05) is 33.9 Å². The quantitative estimate of drug-likeness (QED) is 0.627. The molecule has 1 N–H and O–H groups in total. The highest BCUT2D eigenvalue weighted by Gasteiger charge is 2.48. The first kappa shape index (κ1) is 20.7. The van der Waals surface area contributed by atoms with Gasteiger partial charge < -0.3 is 19.3 Å². The molecule has 0 spiro atoms. The van der Waals surface area contributed by atoms with Gasteiger partial charge in [0.05, 0.1) is 14.2 Å². The van der Waals surface area contributed by atoms with Gasteiger partial charge in [0.2, 0.25) is 0 Å². The lowest BCUT2D eigenvalue weighted by Crippen LogP contribution is -2.56. The van der Waals surface area contributed by atoms with Gasteiger partial charge in [-0.15, -0.1) is 0 Å². The van der Waals surface area contributed by atoms with Crippen LogP contribution in [0.4, 0.5) is 0 Å². The number of aromatic hydroxyl groups is 1. The van der Waals surface area contributed by atoms with Crippen molar-refractivity contribution in [1.29, 1.82) is 0 Å². The molecule has 166 valence electrons. The molecule has 0 saturated carbocycles. The highest BCUT2D eigenvalue weighted by molar-refractivity contribution is 5.53. The first-order chi connectivity index (χ1) is 15.6. The van der Waals surface area contributed by atoms with E-state index in [0.29, 0.717) is 0 Å². The number of phenolic OH excluding ortho intramolecular Hbond substituents is 1. The molecule has 2 unspecified atom stereocenters. The molecule has 3 aromatic carbocycles. The van der Waals surface area contributed by atoms with Gasteiger partial charge >= 0.3 is 0 Å². The second-order valence-corrected chi connectivity index (χ2v) is 8.75. The molecule has 2 heterocycles. The van der Waals surface area contributed by atoms with Crippen LogP contribution in [0.1, 0.15) is 23.1 Å². The van der Waals surface area contributed by atoms with Crippen LogP contribution in [0.25, 0.3) is 0 Å². The minimum absolute atomic E-state index is 0.117. The Morgan fingerprint density at radius 2 is 1.81 bits per heavy atom. The highest BCUT2D eigenvalue weighted by atomic mass is 16.5. The molecule has 1 fully saturated rings. The van der Waals surface area contributed by atoms with Crippen LogP contribution >= 0.6 is 0 Å². The van der Waals surface area contributed by atoms with Crippen LogP contribution in [-0.4, -0.2) is 50.0 Å². The summed E-state index contributed by atoms with van der Waals surface area (Å²) in [5, 5.41) is 10.3. The third-order valence-corrected chi connectivity index (χ3v) is 6.79. The third-order valence-electron chi connectivity index (χ3n) is 6.79. The SMILES string of the molecule is COc1ccc(CCN2CC3CC(c4ccccc4)(C2)c2cc(O)ccc2O3)cc1OC. The Balaban J connectivity index is 1.44. The number of hydrogen-bond donors (Lipinski definition) is 1. The average Bonchev–Trinajstić information content (AvgIpc) is 2.83. The maximum absolute atomic E-state index is 10.3. The first-order valence-electron chi connectivity index (χ1n) is 11.1. The summed E-state index contributed by atoms with van der Waals surface area (Å²) in [4.78, 5) is 2.49. The molecule has 0 aliphatic carbocycles. The first-order valence-corrected chi connectivity index (χ1v) is 11.1. The van der Waals surface area contributed by atoms with E-state index in [1.807, 2.05) is 18.2 Å². The number of fused-ring (bicyclic) bond motifs is 4. The van der Waals surface area contributed by atoms with E-state index in [1.165, 1.54) is 11.1 Å². The molecule has 2 atom stereocenters. The van der Waals surface area contributed by atoms with Crippen molar-refractivity contribution < 1.29 is 19.3 Å². The highest BCUT2D eigenvalue weighted by Crippen LogP contribution is 2.49. The van der Waals surface area contributed by atoms with E-state index in [9.17, 15) is 5.11 Å². The lowest BCUT2D eigenvalue weighted by molar-refractivity contribution is 0.0312. The topological polar surface area (TPSA) is 51.2 Å². The number of phenols is 1. The molecule has 0 radical (unpaired) electrons. The van der Waals surface area contributed by atoms with E-state index < -0.39 is 0 Å². The summed E-state index contributed by atoms with van der Waals surface area (Å²) in [5.41, 5.74) is 3.37. The zero-order chi connectivity index (χ0) is 22.1. The van der Waals surface area contributed by atoms with Gasteiger partial charge in [0.25, 0.3) is 0 Å². The Bertz CT molecular complexity index is 1100. The normalized spacial score (nSPS) is 22.0. The molecule has 0 aromatic heterocycles. The van der Waals surface area contributed by atoms with Crippen LogP contribution in [-0.2, 0) is 11.8 Å². The van der Waals surface area contributed by atoms with Crippen molar-refractivity contribution in [3.8, 4) is 23.0 Å². The van der Waals surface area contributed by atoms with Crippen molar-refractivity contribution in [3.05, 3.63) is 83.4 Å². The van der Waals surface area contributed by atoms with E-state index in [2.05, 4.69) is 47.4 Å². The number of benzene rings is 3. The van der Waals surface area contributed by atoms with E-state index in [0.717, 1.165) is 55.3 Å². The third kappa shape index (κ3) is 3.67. The van der Waals surface area contributed by atoms with Crippen LogP contribution in [0.3, 0.4) is 0 Å². The summed E-state index contributed by atoms with van der Waals surface area (Å²) in [7, 11) is 3.32. The van der Waals surface area contributed by atoms with Gasteiger partial charge in [0.15, 0.2) is 11.5 Å². The van der Waals surface area contributed by atoms with Crippen LogP contribution < -0.4 is 14.2 Å². The smallest absolute Gasteiger partial charge is 0.160 e. The molecule has 0 amide bonds. The summed E-state index contributed by atoms with van der Waals surface area (Å²) in [6.45, 7) is 2.70. The standard InChI is InChI=1S/C27H29NO4/c1-30-25-10-8-19(14-26(25)31-2)12-13-28-17-22-16-27(18-28,20-6-4-3-5-7-20)23-15-21(29)9-11-24(23)32-22/h3-11,14-15,22,29H,12-13,16-18H2,1-2H3. The van der Waals surface area contributed by atoms with Gasteiger partial charge in [-0.05, 0) is 47.9 Å². The van der Waals surface area contributed by atoms with E-state index in [1.54, 1.807) is 20.3 Å². The molecule has 2 aliphatic rings. The second-order valence-electron chi connectivity index (χ2n) is 8.75. The van der Waals surface area contributed by atoms with E-state index in [-0.39, 0.29) is 17.3 Å². The number of piperidine rings is 1. The minimum Gasteiger partial charge on any atom is -0.508 e. The molecule has 2 aliphatic heterocycles. The molecular formula is C27H29NO4.